The number of rotatable bonds is 2. The van der Waals surface area contributed by atoms with Crippen LogP contribution >= 0.6 is 0 Å². The molecule has 4 heteroatoms. The van der Waals surface area contributed by atoms with Crippen molar-refractivity contribution in [3.8, 4) is 5.75 Å². The lowest BCUT2D eigenvalue weighted by Gasteiger charge is -2.27. The standard InChI is InChI=1S/C16H18N2O2/c1-20-14-4-2-3-11-12-9-18(16(19)10-5-6-10)8-7-13(12)17-15(11)14/h2-4,10,17H,5-9H2,1H3. The predicted octanol–water partition coefficient (Wildman–Crippen LogP) is 2.47. The molecule has 2 aliphatic rings. The molecule has 1 N–H and O–H groups in total. The molecule has 0 atom stereocenters. The Hall–Kier alpha value is -1.97. The lowest BCUT2D eigenvalue weighted by atomic mass is 10.0. The van der Waals surface area contributed by atoms with Crippen molar-refractivity contribution in [3.05, 3.63) is 29.5 Å². The van der Waals surface area contributed by atoms with E-state index < -0.39 is 0 Å². The minimum Gasteiger partial charge on any atom is -0.495 e. The van der Waals surface area contributed by atoms with Gasteiger partial charge in [-0.2, -0.15) is 0 Å². The molecule has 1 fully saturated rings. The van der Waals surface area contributed by atoms with Crippen molar-refractivity contribution in [1.82, 2.24) is 9.88 Å². The summed E-state index contributed by atoms with van der Waals surface area (Å²) in [6.45, 7) is 1.56. The van der Waals surface area contributed by atoms with Gasteiger partial charge in [-0.3, -0.25) is 4.79 Å². The average Bonchev–Trinajstić information content (AvgIpc) is 3.26. The average molecular weight is 270 g/mol. The first-order valence-electron chi connectivity index (χ1n) is 7.23. The Morgan fingerprint density at radius 3 is 3.00 bits per heavy atom. The van der Waals surface area contributed by atoms with Gasteiger partial charge in [0.1, 0.15) is 5.75 Å². The molecule has 2 aromatic rings. The molecule has 1 aromatic heterocycles. The Balaban J connectivity index is 1.74. The van der Waals surface area contributed by atoms with E-state index >= 15 is 0 Å². The fraction of sp³-hybridized carbons (Fsp3) is 0.438. The Labute approximate surface area is 117 Å². The maximum absolute atomic E-state index is 12.2. The van der Waals surface area contributed by atoms with Gasteiger partial charge in [-0.1, -0.05) is 12.1 Å². The Kier molecular flexibility index (Phi) is 2.52. The molecule has 0 saturated heterocycles. The molecular formula is C16H18N2O2. The number of amides is 1. The van der Waals surface area contributed by atoms with E-state index in [-0.39, 0.29) is 0 Å². The van der Waals surface area contributed by atoms with Gasteiger partial charge in [0.25, 0.3) is 0 Å². The molecule has 104 valence electrons. The third kappa shape index (κ3) is 1.71. The molecule has 20 heavy (non-hydrogen) atoms. The summed E-state index contributed by atoms with van der Waals surface area (Å²) in [4.78, 5) is 17.7. The fourth-order valence-electron chi connectivity index (χ4n) is 3.16. The van der Waals surface area contributed by atoms with E-state index in [0.717, 1.165) is 43.6 Å². The zero-order chi connectivity index (χ0) is 13.7. The highest BCUT2D eigenvalue weighted by atomic mass is 16.5. The molecule has 0 radical (unpaired) electrons. The zero-order valence-corrected chi connectivity index (χ0v) is 11.6. The Bertz CT molecular complexity index is 685. The van der Waals surface area contributed by atoms with E-state index in [1.54, 1.807) is 7.11 Å². The van der Waals surface area contributed by atoms with Crippen LogP contribution in [0, 0.1) is 5.92 Å². The normalized spacial score (nSPS) is 18.1. The largest absolute Gasteiger partial charge is 0.495 e. The molecule has 4 nitrogen and oxygen atoms in total. The van der Waals surface area contributed by atoms with Gasteiger partial charge in [0, 0.05) is 42.1 Å². The number of hydrogen-bond donors (Lipinski definition) is 1. The molecule has 1 aliphatic carbocycles. The smallest absolute Gasteiger partial charge is 0.225 e. The van der Waals surface area contributed by atoms with E-state index in [1.807, 2.05) is 17.0 Å². The number of fused-ring (bicyclic) bond motifs is 3. The molecule has 1 amide bonds. The minimum atomic E-state index is 0.302. The maximum atomic E-state index is 12.2. The molecule has 0 bridgehead atoms. The topological polar surface area (TPSA) is 45.3 Å². The third-order valence-electron chi connectivity index (χ3n) is 4.43. The van der Waals surface area contributed by atoms with Crippen molar-refractivity contribution in [3.63, 3.8) is 0 Å². The molecule has 1 saturated carbocycles. The van der Waals surface area contributed by atoms with Crippen LogP contribution in [0.2, 0.25) is 0 Å². The molecule has 0 unspecified atom stereocenters. The van der Waals surface area contributed by atoms with E-state index in [0.29, 0.717) is 11.8 Å². The number of para-hydroxylation sites is 1. The van der Waals surface area contributed by atoms with Crippen molar-refractivity contribution < 1.29 is 9.53 Å². The van der Waals surface area contributed by atoms with Gasteiger partial charge in [-0.25, -0.2) is 0 Å². The van der Waals surface area contributed by atoms with Crippen molar-refractivity contribution in [2.24, 2.45) is 5.92 Å². The summed E-state index contributed by atoms with van der Waals surface area (Å²) in [6.07, 6.45) is 3.05. The molecule has 2 heterocycles. The second-order valence-electron chi connectivity index (χ2n) is 5.75. The number of methoxy groups -OCH3 is 1. The first-order valence-corrected chi connectivity index (χ1v) is 7.23. The predicted molar refractivity (Wildman–Crippen MR) is 76.7 cm³/mol. The number of carbonyl (C=O) groups excluding carboxylic acids is 1. The van der Waals surface area contributed by atoms with Gasteiger partial charge in [0.15, 0.2) is 0 Å². The first-order chi connectivity index (χ1) is 9.78. The second kappa shape index (κ2) is 4.27. The van der Waals surface area contributed by atoms with Crippen LogP contribution in [0.1, 0.15) is 24.1 Å². The summed E-state index contributed by atoms with van der Waals surface area (Å²) >= 11 is 0. The van der Waals surface area contributed by atoms with Crippen molar-refractivity contribution in [2.75, 3.05) is 13.7 Å². The van der Waals surface area contributed by atoms with Crippen molar-refractivity contribution >= 4 is 16.8 Å². The minimum absolute atomic E-state index is 0.302. The van der Waals surface area contributed by atoms with Gasteiger partial charge < -0.3 is 14.6 Å². The number of ether oxygens (including phenoxy) is 1. The van der Waals surface area contributed by atoms with E-state index in [9.17, 15) is 4.79 Å². The number of carbonyl (C=O) groups is 1. The number of H-pyrrole nitrogens is 1. The van der Waals surface area contributed by atoms with Gasteiger partial charge in [-0.05, 0) is 18.9 Å². The molecule has 4 rings (SSSR count). The summed E-state index contributed by atoms with van der Waals surface area (Å²) < 4.78 is 5.42. The Morgan fingerprint density at radius 2 is 2.25 bits per heavy atom. The number of hydrogen-bond acceptors (Lipinski definition) is 2. The number of aromatic amines is 1. The van der Waals surface area contributed by atoms with Crippen LogP contribution in [-0.4, -0.2) is 29.4 Å². The zero-order valence-electron chi connectivity index (χ0n) is 11.6. The molecular weight excluding hydrogens is 252 g/mol. The van der Waals surface area contributed by atoms with Gasteiger partial charge in [0.05, 0.1) is 12.6 Å². The maximum Gasteiger partial charge on any atom is 0.225 e. The van der Waals surface area contributed by atoms with Crippen LogP contribution in [-0.2, 0) is 17.8 Å². The SMILES string of the molecule is COc1cccc2c3c([nH]c12)CCN(C(=O)C1CC1)C3. The van der Waals surface area contributed by atoms with Crippen molar-refractivity contribution in [1.29, 1.82) is 0 Å². The summed E-state index contributed by atoms with van der Waals surface area (Å²) in [6, 6.07) is 6.09. The van der Waals surface area contributed by atoms with Gasteiger partial charge in [0.2, 0.25) is 5.91 Å². The highest BCUT2D eigenvalue weighted by molar-refractivity contribution is 5.90. The van der Waals surface area contributed by atoms with E-state index in [4.69, 9.17) is 4.74 Å². The van der Waals surface area contributed by atoms with E-state index in [1.165, 1.54) is 16.6 Å². The quantitative estimate of drug-likeness (QED) is 0.911. The van der Waals surface area contributed by atoms with Gasteiger partial charge >= 0.3 is 0 Å². The lowest BCUT2D eigenvalue weighted by molar-refractivity contribution is -0.133. The van der Waals surface area contributed by atoms with Crippen LogP contribution in [0.5, 0.6) is 5.75 Å². The van der Waals surface area contributed by atoms with Gasteiger partial charge in [-0.15, -0.1) is 0 Å². The van der Waals surface area contributed by atoms with Crippen LogP contribution < -0.4 is 4.74 Å². The molecule has 1 aliphatic heterocycles. The Morgan fingerprint density at radius 1 is 1.40 bits per heavy atom. The highest BCUT2D eigenvalue weighted by Gasteiger charge is 2.35. The molecule has 1 aromatic carbocycles. The summed E-state index contributed by atoms with van der Waals surface area (Å²) in [5.74, 6) is 1.51. The lowest BCUT2D eigenvalue weighted by Crippen LogP contribution is -2.36. The van der Waals surface area contributed by atoms with Crippen LogP contribution in [0.25, 0.3) is 10.9 Å². The summed E-state index contributed by atoms with van der Waals surface area (Å²) in [7, 11) is 1.69. The second-order valence-corrected chi connectivity index (χ2v) is 5.75. The van der Waals surface area contributed by atoms with E-state index in [2.05, 4.69) is 11.1 Å². The van der Waals surface area contributed by atoms with Crippen molar-refractivity contribution in [2.45, 2.75) is 25.8 Å². The summed E-state index contributed by atoms with van der Waals surface area (Å²) in [5, 5.41) is 1.19. The first kappa shape index (κ1) is 11.8. The number of nitrogens with zero attached hydrogens (tertiary/aromatic N) is 1. The van der Waals surface area contributed by atoms with Crippen LogP contribution in [0.3, 0.4) is 0 Å². The number of aromatic nitrogens is 1. The molecule has 0 spiro atoms. The number of benzene rings is 1. The van der Waals surface area contributed by atoms with Crippen LogP contribution in [0.4, 0.5) is 0 Å². The fourth-order valence-corrected chi connectivity index (χ4v) is 3.16. The monoisotopic (exact) mass is 270 g/mol. The highest BCUT2D eigenvalue weighted by Crippen LogP contribution is 2.36. The number of nitrogens with one attached hydrogen (secondary N) is 1. The summed E-state index contributed by atoms with van der Waals surface area (Å²) in [5.41, 5.74) is 3.57. The third-order valence-corrected chi connectivity index (χ3v) is 4.43. The van der Waals surface area contributed by atoms with Crippen LogP contribution in [0.15, 0.2) is 18.2 Å².